The van der Waals surface area contributed by atoms with Gasteiger partial charge >= 0.3 is 6.09 Å². The average molecular weight is 422 g/mol. The second-order valence-electron chi connectivity index (χ2n) is 5.44. The molecule has 1 aromatic carbocycles. The lowest BCUT2D eigenvalue weighted by Gasteiger charge is -2.23. The van der Waals surface area contributed by atoms with Crippen LogP contribution in [0.2, 0.25) is 0 Å². The summed E-state index contributed by atoms with van der Waals surface area (Å²) in [6.45, 7) is 0.255. The highest BCUT2D eigenvalue weighted by atomic mass is 79.9. The van der Waals surface area contributed by atoms with Gasteiger partial charge in [-0.05, 0) is 34.1 Å². The van der Waals surface area contributed by atoms with Crippen LogP contribution in [0.5, 0.6) is 0 Å². The number of aromatic nitrogens is 1. The second kappa shape index (κ2) is 9.88. The molecule has 0 aliphatic carbocycles. The number of pyridine rings is 1. The monoisotopic (exact) mass is 421 g/mol. The van der Waals surface area contributed by atoms with Crippen LogP contribution in [0.15, 0.2) is 53.3 Å². The third kappa shape index (κ3) is 5.53. The number of anilines is 1. The van der Waals surface area contributed by atoms with E-state index >= 15 is 0 Å². The van der Waals surface area contributed by atoms with E-state index in [1.165, 1.54) is 23.0 Å². The highest BCUT2D eigenvalue weighted by Gasteiger charge is 2.19. The summed E-state index contributed by atoms with van der Waals surface area (Å²) in [6, 6.07) is 10.8. The molecule has 0 saturated carbocycles. The molecule has 0 unspecified atom stereocenters. The average Bonchev–Trinajstić information content (AvgIpc) is 2.65. The van der Waals surface area contributed by atoms with Crippen molar-refractivity contribution < 1.29 is 19.4 Å². The van der Waals surface area contributed by atoms with Crippen LogP contribution in [0.4, 0.5) is 10.5 Å². The van der Waals surface area contributed by atoms with Gasteiger partial charge < -0.3 is 19.6 Å². The van der Waals surface area contributed by atoms with Crippen molar-refractivity contribution in [3.05, 3.63) is 58.8 Å². The molecule has 0 aliphatic heterocycles. The maximum atomic E-state index is 12.9. The van der Waals surface area contributed by atoms with Gasteiger partial charge in [-0.25, -0.2) is 4.79 Å². The Kier molecular flexibility index (Phi) is 7.55. The SMILES string of the molecule is CN(CCO)C(=O)OCCN(C(=O)c1cncc(Br)c1)c1ccccc1. The van der Waals surface area contributed by atoms with Gasteiger partial charge in [0.05, 0.1) is 18.7 Å². The van der Waals surface area contributed by atoms with E-state index in [0.29, 0.717) is 15.7 Å². The molecule has 7 nitrogen and oxygen atoms in total. The lowest BCUT2D eigenvalue weighted by molar-refractivity contribution is 0.0940. The van der Waals surface area contributed by atoms with Crippen LogP contribution >= 0.6 is 15.9 Å². The zero-order chi connectivity index (χ0) is 18.9. The molecule has 0 bridgehead atoms. The summed E-state index contributed by atoms with van der Waals surface area (Å²) in [5.74, 6) is -0.246. The Labute approximate surface area is 160 Å². The number of carbonyl (C=O) groups is 2. The lowest BCUT2D eigenvalue weighted by Crippen LogP contribution is -2.36. The Morgan fingerprint density at radius 2 is 1.92 bits per heavy atom. The van der Waals surface area contributed by atoms with Crippen LogP contribution in [0.3, 0.4) is 0 Å². The summed E-state index contributed by atoms with van der Waals surface area (Å²) >= 11 is 3.31. The van der Waals surface area contributed by atoms with E-state index in [4.69, 9.17) is 9.84 Å². The zero-order valence-electron chi connectivity index (χ0n) is 14.3. The van der Waals surface area contributed by atoms with Gasteiger partial charge in [0, 0.05) is 36.1 Å². The van der Waals surface area contributed by atoms with Gasteiger partial charge in [0.15, 0.2) is 0 Å². The molecule has 0 fully saturated rings. The van der Waals surface area contributed by atoms with E-state index in [1.54, 1.807) is 12.3 Å². The Hall–Kier alpha value is -2.45. The summed E-state index contributed by atoms with van der Waals surface area (Å²) in [6.07, 6.45) is 2.54. The summed E-state index contributed by atoms with van der Waals surface area (Å²) in [4.78, 5) is 31.5. The quantitative estimate of drug-likeness (QED) is 0.742. The van der Waals surface area contributed by atoms with Crippen molar-refractivity contribution >= 4 is 33.6 Å². The Balaban J connectivity index is 2.10. The maximum Gasteiger partial charge on any atom is 0.409 e. The highest BCUT2D eigenvalue weighted by Crippen LogP contribution is 2.18. The molecular weight excluding hydrogens is 402 g/mol. The summed E-state index contributed by atoms with van der Waals surface area (Å²) in [5, 5.41) is 8.86. The fourth-order valence-electron chi connectivity index (χ4n) is 2.22. The standard InChI is InChI=1S/C18H20BrN3O4/c1-21(7-9-23)18(25)26-10-8-22(16-5-3-2-4-6-16)17(24)14-11-15(19)13-20-12-14/h2-6,11-13,23H,7-10H2,1H3. The number of hydrogen-bond donors (Lipinski definition) is 1. The number of amides is 2. The first-order valence-corrected chi connectivity index (χ1v) is 8.78. The van der Waals surface area contributed by atoms with Crippen LogP contribution < -0.4 is 4.90 Å². The van der Waals surface area contributed by atoms with Crippen molar-refractivity contribution in [3.8, 4) is 0 Å². The number of nitrogens with zero attached hydrogens (tertiary/aromatic N) is 3. The minimum absolute atomic E-state index is 0.0245. The first kappa shape index (κ1) is 19.9. The van der Waals surface area contributed by atoms with Crippen molar-refractivity contribution in [1.82, 2.24) is 9.88 Å². The van der Waals surface area contributed by atoms with Crippen LogP contribution in [-0.4, -0.2) is 60.3 Å². The molecule has 138 valence electrons. The molecule has 1 N–H and O–H groups in total. The number of para-hydroxylation sites is 1. The fraction of sp³-hybridized carbons (Fsp3) is 0.278. The first-order valence-electron chi connectivity index (χ1n) is 7.99. The van der Waals surface area contributed by atoms with Gasteiger partial charge in [-0.15, -0.1) is 0 Å². The molecule has 26 heavy (non-hydrogen) atoms. The van der Waals surface area contributed by atoms with E-state index in [9.17, 15) is 9.59 Å². The smallest absolute Gasteiger partial charge is 0.409 e. The van der Waals surface area contributed by atoms with Crippen molar-refractivity contribution in [2.75, 3.05) is 38.3 Å². The van der Waals surface area contributed by atoms with E-state index in [1.807, 2.05) is 30.3 Å². The number of hydrogen-bond acceptors (Lipinski definition) is 5. The van der Waals surface area contributed by atoms with Crippen LogP contribution in [0.25, 0.3) is 0 Å². The molecule has 8 heteroatoms. The zero-order valence-corrected chi connectivity index (χ0v) is 15.9. The highest BCUT2D eigenvalue weighted by molar-refractivity contribution is 9.10. The van der Waals surface area contributed by atoms with E-state index in [0.717, 1.165) is 0 Å². The predicted octanol–water partition coefficient (Wildman–Crippen LogP) is 2.55. The van der Waals surface area contributed by atoms with Gasteiger partial charge in [-0.2, -0.15) is 0 Å². The number of carbonyl (C=O) groups excluding carboxylic acids is 2. The maximum absolute atomic E-state index is 12.9. The van der Waals surface area contributed by atoms with Gasteiger partial charge in [-0.3, -0.25) is 9.78 Å². The number of likely N-dealkylation sites (N-methyl/N-ethyl adjacent to an activating group) is 1. The Bertz CT molecular complexity index is 742. The van der Waals surface area contributed by atoms with Gasteiger partial charge in [0.2, 0.25) is 0 Å². The molecule has 2 rings (SSSR count). The lowest BCUT2D eigenvalue weighted by atomic mass is 10.2. The van der Waals surface area contributed by atoms with Crippen molar-refractivity contribution in [2.45, 2.75) is 0 Å². The normalized spacial score (nSPS) is 10.3. The number of halogens is 1. The predicted molar refractivity (Wildman–Crippen MR) is 101 cm³/mol. The Morgan fingerprint density at radius 1 is 1.19 bits per heavy atom. The van der Waals surface area contributed by atoms with Crippen LogP contribution in [-0.2, 0) is 4.74 Å². The number of aliphatic hydroxyl groups is 1. The third-order valence-electron chi connectivity index (χ3n) is 3.55. The van der Waals surface area contributed by atoms with Crippen molar-refractivity contribution in [1.29, 1.82) is 0 Å². The number of rotatable bonds is 7. The Morgan fingerprint density at radius 3 is 2.58 bits per heavy atom. The molecule has 2 amide bonds. The fourth-order valence-corrected chi connectivity index (χ4v) is 2.58. The number of benzene rings is 1. The minimum Gasteiger partial charge on any atom is -0.448 e. The molecular formula is C18H20BrN3O4. The summed E-state index contributed by atoms with van der Waals surface area (Å²) in [5.41, 5.74) is 1.11. The summed E-state index contributed by atoms with van der Waals surface area (Å²) < 4.78 is 5.88. The molecule has 0 aliphatic rings. The molecule has 1 aromatic heterocycles. The molecule has 1 heterocycles. The van der Waals surface area contributed by atoms with Crippen LogP contribution in [0, 0.1) is 0 Å². The molecule has 0 radical (unpaired) electrons. The van der Waals surface area contributed by atoms with E-state index < -0.39 is 6.09 Å². The first-order chi connectivity index (χ1) is 12.5. The topological polar surface area (TPSA) is 83.0 Å². The van der Waals surface area contributed by atoms with Gasteiger partial charge in [0.25, 0.3) is 5.91 Å². The molecule has 0 spiro atoms. The van der Waals surface area contributed by atoms with Crippen molar-refractivity contribution in [2.24, 2.45) is 0 Å². The summed E-state index contributed by atoms with van der Waals surface area (Å²) in [7, 11) is 1.53. The van der Waals surface area contributed by atoms with Crippen molar-refractivity contribution in [3.63, 3.8) is 0 Å². The third-order valence-corrected chi connectivity index (χ3v) is 3.99. The minimum atomic E-state index is -0.552. The molecule has 2 aromatic rings. The van der Waals surface area contributed by atoms with E-state index in [2.05, 4.69) is 20.9 Å². The van der Waals surface area contributed by atoms with Gasteiger partial charge in [0.1, 0.15) is 6.61 Å². The second-order valence-corrected chi connectivity index (χ2v) is 6.36. The largest absolute Gasteiger partial charge is 0.448 e. The number of aliphatic hydroxyl groups excluding tert-OH is 1. The van der Waals surface area contributed by atoms with E-state index in [-0.39, 0.29) is 32.2 Å². The number of ether oxygens (including phenoxy) is 1. The molecule has 0 saturated heterocycles. The molecule has 0 atom stereocenters. The van der Waals surface area contributed by atoms with Gasteiger partial charge in [-0.1, -0.05) is 18.2 Å². The van der Waals surface area contributed by atoms with Crippen LogP contribution in [0.1, 0.15) is 10.4 Å².